The summed E-state index contributed by atoms with van der Waals surface area (Å²) in [5, 5.41) is 3.18. The average Bonchev–Trinajstić information content (AvgIpc) is 3.21. The smallest absolute Gasteiger partial charge is 0.317 e. The summed E-state index contributed by atoms with van der Waals surface area (Å²) >= 11 is 0. The molecule has 0 bridgehead atoms. The molecule has 1 saturated heterocycles. The lowest BCUT2D eigenvalue weighted by atomic mass is 10.0. The van der Waals surface area contributed by atoms with Crippen LogP contribution in [0.15, 0.2) is 24.3 Å². The number of carbonyl (C=O) groups excluding carboxylic acids is 1. The van der Waals surface area contributed by atoms with Gasteiger partial charge in [0.1, 0.15) is 0 Å². The minimum atomic E-state index is 0.0112. The second-order valence-corrected chi connectivity index (χ2v) is 8.37. The van der Waals surface area contributed by atoms with Crippen LogP contribution in [0.5, 0.6) is 0 Å². The molecule has 1 atom stereocenters. The summed E-state index contributed by atoms with van der Waals surface area (Å²) in [6.07, 6.45) is 3.62. The Hall–Kier alpha value is -1.75. The highest BCUT2D eigenvalue weighted by Gasteiger charge is 2.20. The van der Waals surface area contributed by atoms with Crippen molar-refractivity contribution in [3.63, 3.8) is 0 Å². The van der Waals surface area contributed by atoms with Gasteiger partial charge in [-0.15, -0.1) is 0 Å². The van der Waals surface area contributed by atoms with Gasteiger partial charge in [0.25, 0.3) is 0 Å². The van der Waals surface area contributed by atoms with Gasteiger partial charge >= 0.3 is 6.03 Å². The molecular weight excluding hydrogens is 348 g/mol. The number of para-hydroxylation sites is 1. The molecule has 158 valence electrons. The highest BCUT2D eigenvalue weighted by atomic mass is 16.2. The number of nitrogens with zero attached hydrogens (tertiary/aromatic N) is 3. The molecule has 0 aliphatic carbocycles. The highest BCUT2D eigenvalue weighted by molar-refractivity contribution is 5.74. The fourth-order valence-electron chi connectivity index (χ4n) is 4.22. The van der Waals surface area contributed by atoms with E-state index in [1.54, 1.807) is 0 Å². The number of hydrogen-bond acceptors (Lipinski definition) is 3. The third kappa shape index (κ3) is 6.40. The number of hydrogen-bond donors (Lipinski definition) is 1. The Morgan fingerprint density at radius 2 is 1.79 bits per heavy atom. The molecule has 0 saturated carbocycles. The van der Waals surface area contributed by atoms with Crippen LogP contribution in [-0.2, 0) is 6.54 Å². The molecule has 0 spiro atoms. The summed E-state index contributed by atoms with van der Waals surface area (Å²) in [5.74, 6) is 0.618. The van der Waals surface area contributed by atoms with Crippen molar-refractivity contribution < 1.29 is 4.79 Å². The first kappa shape index (κ1) is 22.5. The van der Waals surface area contributed by atoms with Crippen molar-refractivity contribution in [3.05, 3.63) is 29.8 Å². The number of amides is 2. The third-order valence-corrected chi connectivity index (χ3v) is 5.75. The van der Waals surface area contributed by atoms with Gasteiger partial charge in [0.2, 0.25) is 0 Å². The Morgan fingerprint density at radius 1 is 1.14 bits per heavy atom. The number of anilines is 1. The van der Waals surface area contributed by atoms with Gasteiger partial charge in [-0.3, -0.25) is 4.90 Å². The van der Waals surface area contributed by atoms with Crippen molar-refractivity contribution in [2.45, 2.75) is 59.5 Å². The van der Waals surface area contributed by atoms with Crippen LogP contribution in [0.2, 0.25) is 0 Å². The molecular formula is C23H40N4O. The minimum absolute atomic E-state index is 0.0112. The molecule has 1 aliphatic heterocycles. The SMILES string of the molecule is CCN(CC)C(CNC(=O)N(C)Cc1ccccc1N1CCCC1)CC(C)C. The molecule has 1 unspecified atom stereocenters. The molecule has 0 radical (unpaired) electrons. The van der Waals surface area contributed by atoms with Crippen molar-refractivity contribution in [2.75, 3.05) is 44.7 Å². The second-order valence-electron chi connectivity index (χ2n) is 8.37. The van der Waals surface area contributed by atoms with E-state index in [1.165, 1.54) is 24.1 Å². The Bertz CT molecular complexity index is 594. The number of rotatable bonds is 10. The number of likely N-dealkylation sites (N-methyl/N-ethyl adjacent to an activating group) is 1. The lowest BCUT2D eigenvalue weighted by Gasteiger charge is -2.32. The van der Waals surface area contributed by atoms with E-state index in [1.807, 2.05) is 11.9 Å². The predicted molar refractivity (Wildman–Crippen MR) is 119 cm³/mol. The standard InChI is InChI=1S/C23H40N4O/c1-6-26(7-2)21(16-19(3)4)17-24-23(28)25(5)18-20-12-8-9-13-22(20)27-14-10-11-15-27/h8-9,12-13,19,21H,6-7,10-11,14-18H2,1-5H3,(H,24,28). The van der Waals surface area contributed by atoms with E-state index >= 15 is 0 Å². The monoisotopic (exact) mass is 388 g/mol. The predicted octanol–water partition coefficient (Wildman–Crippen LogP) is 4.18. The minimum Gasteiger partial charge on any atom is -0.371 e. The summed E-state index contributed by atoms with van der Waals surface area (Å²) in [6.45, 7) is 14.5. The molecule has 1 aromatic rings. The molecule has 1 heterocycles. The Kier molecular flexibility index (Phi) is 9.10. The lowest BCUT2D eigenvalue weighted by Crippen LogP contribution is -2.47. The molecule has 2 amide bonds. The molecule has 1 aliphatic rings. The number of benzene rings is 1. The summed E-state index contributed by atoms with van der Waals surface area (Å²) in [4.78, 5) is 19.5. The zero-order valence-corrected chi connectivity index (χ0v) is 18.6. The third-order valence-electron chi connectivity index (χ3n) is 5.75. The molecule has 28 heavy (non-hydrogen) atoms. The topological polar surface area (TPSA) is 38.8 Å². The van der Waals surface area contributed by atoms with Crippen LogP contribution in [-0.4, -0.2) is 61.6 Å². The Labute approximate surface area is 172 Å². The summed E-state index contributed by atoms with van der Waals surface area (Å²) < 4.78 is 0. The van der Waals surface area contributed by atoms with Gasteiger partial charge in [-0.25, -0.2) is 4.79 Å². The van der Waals surface area contributed by atoms with Crippen LogP contribution in [0.1, 0.15) is 52.5 Å². The van der Waals surface area contributed by atoms with E-state index in [0.717, 1.165) is 32.6 Å². The van der Waals surface area contributed by atoms with Gasteiger partial charge in [-0.2, -0.15) is 0 Å². The van der Waals surface area contributed by atoms with Crippen molar-refractivity contribution in [2.24, 2.45) is 5.92 Å². The van der Waals surface area contributed by atoms with Gasteiger partial charge in [0, 0.05) is 45.0 Å². The number of nitrogens with one attached hydrogen (secondary N) is 1. The van der Waals surface area contributed by atoms with Crippen LogP contribution in [0.4, 0.5) is 10.5 Å². The first-order valence-corrected chi connectivity index (χ1v) is 11.0. The maximum atomic E-state index is 12.8. The average molecular weight is 389 g/mol. The van der Waals surface area contributed by atoms with Gasteiger partial charge in [0.05, 0.1) is 0 Å². The Balaban J connectivity index is 1.95. The molecule has 2 rings (SSSR count). The maximum Gasteiger partial charge on any atom is 0.317 e. The quantitative estimate of drug-likeness (QED) is 0.653. The zero-order chi connectivity index (χ0) is 20.5. The largest absolute Gasteiger partial charge is 0.371 e. The van der Waals surface area contributed by atoms with Crippen molar-refractivity contribution in [3.8, 4) is 0 Å². The molecule has 5 heteroatoms. The molecule has 0 aromatic heterocycles. The van der Waals surface area contributed by atoms with Gasteiger partial charge in [0.15, 0.2) is 0 Å². The summed E-state index contributed by atoms with van der Waals surface area (Å²) in [5.41, 5.74) is 2.50. The molecule has 1 fully saturated rings. The first-order valence-electron chi connectivity index (χ1n) is 11.0. The van der Waals surface area contributed by atoms with E-state index in [9.17, 15) is 4.79 Å². The molecule has 5 nitrogen and oxygen atoms in total. The van der Waals surface area contributed by atoms with Gasteiger partial charge in [-0.1, -0.05) is 45.9 Å². The fourth-order valence-corrected chi connectivity index (χ4v) is 4.22. The van der Waals surface area contributed by atoms with Gasteiger partial charge < -0.3 is 15.1 Å². The van der Waals surface area contributed by atoms with E-state index in [4.69, 9.17) is 0 Å². The van der Waals surface area contributed by atoms with Crippen LogP contribution < -0.4 is 10.2 Å². The van der Waals surface area contributed by atoms with Crippen molar-refractivity contribution in [1.29, 1.82) is 0 Å². The highest BCUT2D eigenvalue weighted by Crippen LogP contribution is 2.25. The first-order chi connectivity index (χ1) is 13.5. The van der Waals surface area contributed by atoms with Crippen molar-refractivity contribution >= 4 is 11.7 Å². The van der Waals surface area contributed by atoms with E-state index in [-0.39, 0.29) is 6.03 Å². The normalized spacial score (nSPS) is 15.3. The van der Waals surface area contributed by atoms with E-state index in [2.05, 4.69) is 67.1 Å². The number of carbonyl (C=O) groups is 1. The summed E-state index contributed by atoms with van der Waals surface area (Å²) in [7, 11) is 1.89. The summed E-state index contributed by atoms with van der Waals surface area (Å²) in [6, 6.07) is 8.90. The maximum absolute atomic E-state index is 12.8. The number of urea groups is 1. The zero-order valence-electron chi connectivity index (χ0n) is 18.6. The lowest BCUT2D eigenvalue weighted by molar-refractivity contribution is 0.174. The Morgan fingerprint density at radius 3 is 2.39 bits per heavy atom. The van der Waals surface area contributed by atoms with Crippen molar-refractivity contribution in [1.82, 2.24) is 15.1 Å². The van der Waals surface area contributed by atoms with Crippen LogP contribution in [0, 0.1) is 5.92 Å². The molecule has 1 aromatic carbocycles. The van der Waals surface area contributed by atoms with E-state index < -0.39 is 0 Å². The fraction of sp³-hybridized carbons (Fsp3) is 0.696. The molecule has 1 N–H and O–H groups in total. The second kappa shape index (κ2) is 11.3. The van der Waals surface area contributed by atoms with E-state index in [0.29, 0.717) is 25.0 Å². The van der Waals surface area contributed by atoms with Crippen LogP contribution >= 0.6 is 0 Å². The van der Waals surface area contributed by atoms with Crippen LogP contribution in [0.25, 0.3) is 0 Å². The van der Waals surface area contributed by atoms with Crippen LogP contribution in [0.3, 0.4) is 0 Å². The van der Waals surface area contributed by atoms with Gasteiger partial charge in [-0.05, 0) is 49.9 Å².